The van der Waals surface area contributed by atoms with Gasteiger partial charge in [-0.25, -0.2) is 13.4 Å². The molecule has 0 unspecified atom stereocenters. The molecule has 1 heterocycles. The molecule has 5 nitrogen and oxygen atoms in total. The maximum Gasteiger partial charge on any atom is 0.184 e. The van der Waals surface area contributed by atoms with Gasteiger partial charge in [0.1, 0.15) is 16.5 Å². The van der Waals surface area contributed by atoms with Crippen LogP contribution < -0.4 is 0 Å². The molecule has 0 bridgehead atoms. The number of aryl methyl sites for hydroxylation is 1. The van der Waals surface area contributed by atoms with Crippen molar-refractivity contribution in [3.63, 3.8) is 0 Å². The number of nitrogens with zero attached hydrogens (tertiary/aromatic N) is 2. The minimum absolute atomic E-state index is 0.0732. The van der Waals surface area contributed by atoms with E-state index in [2.05, 4.69) is 10.1 Å². The van der Waals surface area contributed by atoms with Gasteiger partial charge in [0.2, 0.25) is 0 Å². The zero-order valence-electron chi connectivity index (χ0n) is 13.8. The molecule has 0 aliphatic rings. The van der Waals surface area contributed by atoms with E-state index in [9.17, 15) is 13.6 Å². The summed E-state index contributed by atoms with van der Waals surface area (Å²) >= 11 is 7.18. The lowest BCUT2D eigenvalue weighted by molar-refractivity contribution is 0.319. The van der Waals surface area contributed by atoms with Crippen molar-refractivity contribution in [2.24, 2.45) is 5.16 Å². The average Bonchev–Trinajstić information content (AvgIpc) is 3.03. The summed E-state index contributed by atoms with van der Waals surface area (Å²) in [5.74, 6) is -0.406. The third-order valence-corrected chi connectivity index (χ3v) is 6.85. The first-order valence-corrected chi connectivity index (χ1v) is 10.5. The van der Waals surface area contributed by atoms with Gasteiger partial charge < -0.3 is 5.21 Å². The van der Waals surface area contributed by atoms with E-state index in [4.69, 9.17) is 11.6 Å². The minimum Gasteiger partial charge on any atom is -0.411 e. The molecule has 0 spiro atoms. The van der Waals surface area contributed by atoms with Gasteiger partial charge in [-0.2, -0.15) is 0 Å². The predicted molar refractivity (Wildman–Crippen MR) is 104 cm³/mol. The highest BCUT2D eigenvalue weighted by molar-refractivity contribution is 7.92. The second kappa shape index (κ2) is 7.57. The van der Waals surface area contributed by atoms with Crippen LogP contribution in [0.4, 0.5) is 0 Å². The second-order valence-corrected chi connectivity index (χ2v) is 8.98. The summed E-state index contributed by atoms with van der Waals surface area (Å²) in [7, 11) is -3.63. The molecular formula is C18H15ClN2O3S2. The predicted octanol–water partition coefficient (Wildman–Crippen LogP) is 4.42. The van der Waals surface area contributed by atoms with Crippen molar-refractivity contribution in [3.8, 4) is 10.6 Å². The summed E-state index contributed by atoms with van der Waals surface area (Å²) in [4.78, 5) is 5.19. The van der Waals surface area contributed by atoms with E-state index in [1.165, 1.54) is 23.5 Å². The molecule has 1 N–H and O–H groups in total. The molecule has 0 aliphatic heterocycles. The van der Waals surface area contributed by atoms with Crippen LogP contribution >= 0.6 is 22.9 Å². The van der Waals surface area contributed by atoms with E-state index < -0.39 is 15.6 Å². The Morgan fingerprint density at radius 3 is 2.42 bits per heavy atom. The van der Waals surface area contributed by atoms with E-state index >= 15 is 0 Å². The van der Waals surface area contributed by atoms with Gasteiger partial charge in [0.05, 0.1) is 15.5 Å². The Kier molecular flexibility index (Phi) is 5.41. The zero-order chi connectivity index (χ0) is 18.7. The minimum atomic E-state index is -3.63. The first-order chi connectivity index (χ1) is 12.4. The number of thiazole rings is 1. The topological polar surface area (TPSA) is 79.6 Å². The summed E-state index contributed by atoms with van der Waals surface area (Å²) in [5, 5.41) is 14.0. The molecular weight excluding hydrogens is 392 g/mol. The molecule has 3 rings (SSSR count). The number of benzene rings is 2. The highest BCUT2D eigenvalue weighted by Gasteiger charge is 2.23. The van der Waals surface area contributed by atoms with Gasteiger partial charge in [-0.15, -0.1) is 11.3 Å². The Bertz CT molecular complexity index is 1040. The Labute approximate surface area is 160 Å². The van der Waals surface area contributed by atoms with Crippen LogP contribution in [0.25, 0.3) is 10.6 Å². The van der Waals surface area contributed by atoms with Gasteiger partial charge >= 0.3 is 0 Å². The molecule has 8 heteroatoms. The summed E-state index contributed by atoms with van der Waals surface area (Å²) in [6, 6.07) is 15.3. The van der Waals surface area contributed by atoms with Crippen LogP contribution in [0.2, 0.25) is 5.02 Å². The molecule has 2 aromatic carbocycles. The van der Waals surface area contributed by atoms with Gasteiger partial charge in [-0.1, -0.05) is 47.1 Å². The lowest BCUT2D eigenvalue weighted by Gasteiger charge is -2.05. The average molecular weight is 407 g/mol. The third-order valence-electron chi connectivity index (χ3n) is 3.70. The van der Waals surface area contributed by atoms with Gasteiger partial charge in [-0.3, -0.25) is 0 Å². The van der Waals surface area contributed by atoms with Crippen molar-refractivity contribution in [1.29, 1.82) is 0 Å². The molecule has 0 saturated heterocycles. The lowest BCUT2D eigenvalue weighted by atomic mass is 10.2. The number of sulfone groups is 1. The molecule has 0 radical (unpaired) electrons. The quantitative estimate of drug-likeness (QED) is 0.386. The van der Waals surface area contributed by atoms with Crippen molar-refractivity contribution < 1.29 is 13.6 Å². The number of halogens is 1. The molecule has 26 heavy (non-hydrogen) atoms. The van der Waals surface area contributed by atoms with Crippen molar-refractivity contribution in [1.82, 2.24) is 4.98 Å². The van der Waals surface area contributed by atoms with Crippen LogP contribution in [0.3, 0.4) is 0 Å². The van der Waals surface area contributed by atoms with Crippen molar-refractivity contribution in [2.45, 2.75) is 11.8 Å². The molecule has 134 valence electrons. The van der Waals surface area contributed by atoms with Crippen LogP contribution in [0.1, 0.15) is 10.6 Å². The van der Waals surface area contributed by atoms with Gasteiger partial charge in [-0.05, 0) is 31.2 Å². The second-order valence-electron chi connectivity index (χ2n) is 5.56. The summed E-state index contributed by atoms with van der Waals surface area (Å²) in [6.07, 6.45) is 0. The van der Waals surface area contributed by atoms with Crippen molar-refractivity contribution in [2.75, 3.05) is 5.75 Å². The third kappa shape index (κ3) is 3.95. The number of hydrogen-bond acceptors (Lipinski definition) is 6. The summed E-state index contributed by atoms with van der Waals surface area (Å²) in [5.41, 5.74) is 1.54. The van der Waals surface area contributed by atoms with Crippen molar-refractivity contribution >= 4 is 38.5 Å². The molecule has 3 aromatic rings. The summed E-state index contributed by atoms with van der Waals surface area (Å²) < 4.78 is 25.2. The van der Waals surface area contributed by atoms with E-state index in [0.717, 1.165) is 5.56 Å². The standard InChI is InChI=1S/C18H15ClN2O3S2/c1-12-17(25-18(20-12)13-7-9-14(19)10-8-13)16(21-22)11-26(23,24)15-5-3-2-4-6-15/h2-10,22H,11H2,1H3/b21-16+. The Morgan fingerprint density at radius 1 is 1.15 bits per heavy atom. The van der Waals surface area contributed by atoms with E-state index in [-0.39, 0.29) is 10.6 Å². The van der Waals surface area contributed by atoms with Crippen LogP contribution in [0.15, 0.2) is 64.6 Å². The van der Waals surface area contributed by atoms with Crippen LogP contribution in [0.5, 0.6) is 0 Å². The lowest BCUT2D eigenvalue weighted by Crippen LogP contribution is -2.17. The highest BCUT2D eigenvalue weighted by Crippen LogP contribution is 2.30. The molecule has 0 saturated carbocycles. The fraction of sp³-hybridized carbons (Fsp3) is 0.111. The van der Waals surface area contributed by atoms with Gasteiger partial charge in [0.15, 0.2) is 9.84 Å². The van der Waals surface area contributed by atoms with E-state index in [1.54, 1.807) is 37.3 Å². The zero-order valence-corrected chi connectivity index (χ0v) is 16.1. The molecule has 1 aromatic heterocycles. The van der Waals surface area contributed by atoms with Gasteiger partial charge in [0, 0.05) is 10.6 Å². The first-order valence-electron chi connectivity index (χ1n) is 7.63. The number of hydrogen-bond donors (Lipinski definition) is 1. The van der Waals surface area contributed by atoms with Crippen LogP contribution in [-0.2, 0) is 9.84 Å². The number of aromatic nitrogens is 1. The normalized spacial score (nSPS) is 12.3. The Morgan fingerprint density at radius 2 is 1.81 bits per heavy atom. The Hall–Kier alpha value is -2.22. The fourth-order valence-electron chi connectivity index (χ4n) is 2.41. The van der Waals surface area contributed by atoms with Crippen LogP contribution in [0, 0.1) is 6.92 Å². The maximum absolute atomic E-state index is 12.6. The molecule has 0 aliphatic carbocycles. The van der Waals surface area contributed by atoms with E-state index in [1.807, 2.05) is 12.1 Å². The smallest absolute Gasteiger partial charge is 0.184 e. The monoisotopic (exact) mass is 406 g/mol. The van der Waals surface area contributed by atoms with Crippen LogP contribution in [-0.4, -0.2) is 30.1 Å². The number of rotatable bonds is 5. The molecule has 0 atom stereocenters. The first kappa shape index (κ1) is 18.6. The molecule has 0 fully saturated rings. The van der Waals surface area contributed by atoms with E-state index in [0.29, 0.717) is 20.6 Å². The maximum atomic E-state index is 12.6. The summed E-state index contributed by atoms with van der Waals surface area (Å²) in [6.45, 7) is 1.76. The van der Waals surface area contributed by atoms with Gasteiger partial charge in [0.25, 0.3) is 0 Å². The SMILES string of the molecule is Cc1nc(-c2ccc(Cl)cc2)sc1/C(CS(=O)(=O)c1ccccc1)=N/O. The Balaban J connectivity index is 1.93. The number of oxime groups is 1. The highest BCUT2D eigenvalue weighted by atomic mass is 35.5. The van der Waals surface area contributed by atoms with Crippen molar-refractivity contribution in [3.05, 3.63) is 70.2 Å². The fourth-order valence-corrected chi connectivity index (χ4v) is 4.98. The largest absolute Gasteiger partial charge is 0.411 e. The molecule has 0 amide bonds.